The molecule has 0 fully saturated rings. The van der Waals surface area contributed by atoms with Crippen molar-refractivity contribution in [3.63, 3.8) is 0 Å². The first-order valence-corrected chi connectivity index (χ1v) is 7.24. The second-order valence-corrected chi connectivity index (χ2v) is 4.96. The second kappa shape index (κ2) is 7.23. The van der Waals surface area contributed by atoms with Crippen LogP contribution in [0.4, 0.5) is 0 Å². The predicted molar refractivity (Wildman–Crippen MR) is 88.8 cm³/mol. The summed E-state index contributed by atoms with van der Waals surface area (Å²) < 4.78 is 6.86. The number of ether oxygens (including phenoxy) is 1. The highest BCUT2D eigenvalue weighted by molar-refractivity contribution is 6.06. The van der Waals surface area contributed by atoms with Crippen LogP contribution in [0.5, 0.6) is 0 Å². The Morgan fingerprint density at radius 2 is 1.95 bits per heavy atom. The predicted octanol–water partition coefficient (Wildman–Crippen LogP) is 1.05. The Morgan fingerprint density at radius 3 is 2.55 bits per heavy atom. The maximum absolute atomic E-state index is 12.3. The van der Waals surface area contributed by atoms with Crippen molar-refractivity contribution in [3.05, 3.63) is 62.6 Å². The first-order valence-electron chi connectivity index (χ1n) is 7.24. The summed E-state index contributed by atoms with van der Waals surface area (Å²) in [4.78, 5) is 16.7. The van der Waals surface area contributed by atoms with Gasteiger partial charge in [0.15, 0.2) is 0 Å². The fraction of sp³-hybridized carbons (Fsp3) is 0.294. The van der Waals surface area contributed by atoms with E-state index in [4.69, 9.17) is 12.7 Å². The van der Waals surface area contributed by atoms with Crippen LogP contribution in [-0.2, 0) is 11.3 Å². The van der Waals surface area contributed by atoms with Crippen molar-refractivity contribution in [2.75, 3.05) is 0 Å². The van der Waals surface area contributed by atoms with Crippen molar-refractivity contribution < 1.29 is 4.74 Å². The zero-order chi connectivity index (χ0) is 16.1. The third kappa shape index (κ3) is 3.36. The first-order chi connectivity index (χ1) is 10.6. The third-order valence-corrected chi connectivity index (χ3v) is 3.48. The van der Waals surface area contributed by atoms with E-state index in [0.29, 0.717) is 23.0 Å². The van der Waals surface area contributed by atoms with Gasteiger partial charge in [-0.25, -0.2) is 4.98 Å². The minimum Gasteiger partial charge on any atom is -0.366 e. The number of aromatic nitrogens is 2. The van der Waals surface area contributed by atoms with Gasteiger partial charge in [-0.05, 0) is 26.3 Å². The maximum Gasteiger partial charge on any atom is 0.247 e. The normalized spacial score (nSPS) is 14.3. The molecule has 0 amide bonds. The van der Waals surface area contributed by atoms with Crippen LogP contribution in [0.15, 0.2) is 35.1 Å². The van der Waals surface area contributed by atoms with Gasteiger partial charge in [0.05, 0.1) is 17.2 Å². The number of nitrogens with zero attached hydrogens (tertiary/aromatic N) is 2. The van der Waals surface area contributed by atoms with E-state index >= 15 is 0 Å². The van der Waals surface area contributed by atoms with Gasteiger partial charge >= 0.3 is 0 Å². The number of hydrogen-bond donors (Lipinski definition) is 0. The monoisotopic (exact) mass is 294 g/mol. The first kappa shape index (κ1) is 16.2. The quantitative estimate of drug-likeness (QED) is 0.792. The van der Waals surface area contributed by atoms with Gasteiger partial charge < -0.3 is 9.21 Å². The number of hydrogen-bond acceptors (Lipinski definition) is 3. The molecule has 0 aliphatic carbocycles. The molecular weight excluding hydrogens is 275 g/mol. The molecule has 2 radical (unpaired) electrons. The van der Waals surface area contributed by atoms with Gasteiger partial charge in [-0.2, -0.15) is 0 Å². The van der Waals surface area contributed by atoms with Gasteiger partial charge in [-0.3, -0.25) is 4.79 Å². The van der Waals surface area contributed by atoms with Gasteiger partial charge in [0.1, 0.15) is 11.9 Å². The molecule has 1 aromatic carbocycles. The molecule has 0 aliphatic heterocycles. The van der Waals surface area contributed by atoms with Crippen LogP contribution in [0, 0.1) is 0 Å². The minimum atomic E-state index is -0.387. The van der Waals surface area contributed by atoms with Crippen LogP contribution in [-0.4, -0.2) is 17.4 Å². The summed E-state index contributed by atoms with van der Waals surface area (Å²) in [5.74, 6) is 0.416. The van der Waals surface area contributed by atoms with Crippen molar-refractivity contribution in [1.82, 2.24) is 9.46 Å². The molecule has 4 nitrogen and oxygen atoms in total. The van der Waals surface area contributed by atoms with E-state index in [1.54, 1.807) is 19.1 Å². The molecule has 1 atom stereocenters. The average Bonchev–Trinajstić information content (AvgIpc) is 2.55. The van der Waals surface area contributed by atoms with Gasteiger partial charge in [-0.1, -0.05) is 42.5 Å². The second-order valence-electron chi connectivity index (χ2n) is 4.96. The summed E-state index contributed by atoms with van der Waals surface area (Å²) in [5.41, 5.74) is 0.789. The van der Waals surface area contributed by atoms with E-state index in [1.165, 1.54) is 0 Å². The zero-order valence-electron chi connectivity index (χ0n) is 13.1. The van der Waals surface area contributed by atoms with E-state index in [9.17, 15) is 4.79 Å². The Hall–Kier alpha value is -2.14. The summed E-state index contributed by atoms with van der Waals surface area (Å²) in [6, 6.07) is 9.83. The van der Waals surface area contributed by atoms with E-state index in [1.807, 2.05) is 44.2 Å². The van der Waals surface area contributed by atoms with E-state index in [2.05, 4.69) is 4.98 Å². The molecule has 0 saturated carbocycles. The van der Waals surface area contributed by atoms with Gasteiger partial charge in [0.2, 0.25) is 13.5 Å². The Bertz CT molecular complexity index is 813. The highest BCUT2D eigenvalue weighted by Crippen LogP contribution is 2.13. The van der Waals surface area contributed by atoms with E-state index < -0.39 is 0 Å². The van der Waals surface area contributed by atoms with Crippen molar-refractivity contribution in [2.45, 2.75) is 33.5 Å². The highest BCUT2D eigenvalue weighted by atomic mass is 16.5. The van der Waals surface area contributed by atoms with Crippen molar-refractivity contribution in [2.24, 2.45) is 0 Å². The molecule has 22 heavy (non-hydrogen) atoms. The molecule has 112 valence electrons. The highest BCUT2D eigenvalue weighted by Gasteiger charge is 2.13. The number of rotatable bonds is 4. The van der Waals surface area contributed by atoms with Crippen molar-refractivity contribution in [1.29, 1.82) is 0 Å². The van der Waals surface area contributed by atoms with Crippen LogP contribution in [0.2, 0.25) is 0 Å². The van der Waals surface area contributed by atoms with Crippen molar-refractivity contribution in [3.8, 4) is 0 Å². The Kier molecular flexibility index (Phi) is 5.33. The minimum absolute atomic E-state index is 0.268. The fourth-order valence-corrected chi connectivity index (χ4v) is 2.23. The molecule has 0 saturated heterocycles. The molecular formula is C17H19BN2O2. The summed E-state index contributed by atoms with van der Waals surface area (Å²) in [6.07, 6.45) is 3.12. The van der Waals surface area contributed by atoms with E-state index in [0.717, 1.165) is 10.0 Å². The summed E-state index contributed by atoms with van der Waals surface area (Å²) in [5, 5.41) is 1.13. The largest absolute Gasteiger partial charge is 0.366 e. The lowest BCUT2D eigenvalue weighted by Crippen LogP contribution is -2.48. The topological polar surface area (TPSA) is 44.1 Å². The molecule has 2 rings (SSSR count). The van der Waals surface area contributed by atoms with Crippen LogP contribution in [0.3, 0.4) is 0 Å². The van der Waals surface area contributed by atoms with Crippen LogP contribution < -0.4 is 16.1 Å². The number of benzene rings is 1. The molecule has 5 heteroatoms. The Labute approximate surface area is 131 Å². The fourth-order valence-electron chi connectivity index (χ4n) is 2.23. The molecule has 1 aromatic heterocycles. The lowest BCUT2D eigenvalue weighted by molar-refractivity contribution is 0.0454. The SMILES string of the molecule is [B]n1c([C@@H](C)OCc2ccccc2)nc(=C/C)/c(=C\C)c1=O. The Balaban J connectivity index is 2.33. The van der Waals surface area contributed by atoms with Gasteiger partial charge in [0, 0.05) is 0 Å². The zero-order valence-corrected chi connectivity index (χ0v) is 13.1. The maximum atomic E-state index is 12.3. The molecule has 0 aliphatic rings. The summed E-state index contributed by atoms with van der Waals surface area (Å²) >= 11 is 0. The summed E-state index contributed by atoms with van der Waals surface area (Å²) in [6.45, 7) is 5.91. The van der Waals surface area contributed by atoms with E-state index in [-0.39, 0.29) is 11.7 Å². The standard InChI is InChI=1S/C17H19BN2O2/c1-4-14-15(5-2)19-16(20(18)17(14)21)12(3)22-11-13-9-7-6-8-10-13/h4-10,12H,11H2,1-3H3/b14-4+,15-5+/t12-/m1/s1. The molecule has 0 bridgehead atoms. The molecule has 0 unspecified atom stereocenters. The third-order valence-electron chi connectivity index (χ3n) is 3.48. The lowest BCUT2D eigenvalue weighted by Gasteiger charge is -2.16. The van der Waals surface area contributed by atoms with Gasteiger partial charge in [-0.15, -0.1) is 0 Å². The molecule has 1 heterocycles. The lowest BCUT2D eigenvalue weighted by atomic mass is 10.2. The smallest absolute Gasteiger partial charge is 0.247 e. The molecule has 0 spiro atoms. The Morgan fingerprint density at radius 1 is 1.27 bits per heavy atom. The van der Waals surface area contributed by atoms with Crippen LogP contribution in [0.25, 0.3) is 12.2 Å². The average molecular weight is 294 g/mol. The van der Waals surface area contributed by atoms with Crippen LogP contribution >= 0.6 is 0 Å². The van der Waals surface area contributed by atoms with Crippen molar-refractivity contribution >= 4 is 20.1 Å². The van der Waals surface area contributed by atoms with Gasteiger partial charge in [0.25, 0.3) is 0 Å². The molecule has 2 aromatic rings. The molecule has 0 N–H and O–H groups in total. The van der Waals surface area contributed by atoms with Crippen LogP contribution in [0.1, 0.15) is 38.3 Å². The summed E-state index contributed by atoms with van der Waals surface area (Å²) in [7, 11) is 5.88.